The number of hydrogen-bond acceptors (Lipinski definition) is 0. The van der Waals surface area contributed by atoms with Crippen molar-refractivity contribution in [3.05, 3.63) is 83.4 Å². The Bertz CT molecular complexity index is 928. The van der Waals surface area contributed by atoms with Gasteiger partial charge in [-0.25, -0.2) is 0 Å². The molecule has 0 unspecified atom stereocenters. The Balaban J connectivity index is 1.30. The molecule has 206 valence electrons. The fourth-order valence-electron chi connectivity index (χ4n) is 6.02. The molecule has 1 saturated carbocycles. The van der Waals surface area contributed by atoms with Gasteiger partial charge in [-0.05, 0) is 85.8 Å². The lowest BCUT2D eigenvalue weighted by Gasteiger charge is -2.28. The van der Waals surface area contributed by atoms with Crippen molar-refractivity contribution in [2.45, 2.75) is 129 Å². The molecule has 0 bridgehead atoms. The third-order valence-corrected chi connectivity index (χ3v) is 8.66. The topological polar surface area (TPSA) is 0 Å². The van der Waals surface area contributed by atoms with Crippen LogP contribution in [0.3, 0.4) is 0 Å². The zero-order valence-corrected chi connectivity index (χ0v) is 24.5. The van der Waals surface area contributed by atoms with Crippen LogP contribution in [0, 0.1) is 23.7 Å². The third kappa shape index (κ3) is 12.5. The van der Waals surface area contributed by atoms with Crippen molar-refractivity contribution in [3.63, 3.8) is 0 Å². The van der Waals surface area contributed by atoms with Gasteiger partial charge in [0.05, 0.1) is 0 Å². The van der Waals surface area contributed by atoms with Crippen LogP contribution in [-0.4, -0.2) is 0 Å². The molecule has 0 N–H and O–H groups in total. The second-order valence-electron chi connectivity index (χ2n) is 11.9. The van der Waals surface area contributed by atoms with Crippen LogP contribution < -0.4 is 0 Å². The second-order valence-corrected chi connectivity index (χ2v) is 11.9. The minimum Gasteiger partial charge on any atom is -0.103 e. The third-order valence-electron chi connectivity index (χ3n) is 8.66. The van der Waals surface area contributed by atoms with E-state index in [1.165, 1.54) is 127 Å². The van der Waals surface area contributed by atoms with Gasteiger partial charge in [0.1, 0.15) is 0 Å². The average molecular weight is 511 g/mol. The second kappa shape index (κ2) is 18.9. The van der Waals surface area contributed by atoms with Gasteiger partial charge < -0.3 is 0 Å². The van der Waals surface area contributed by atoms with Crippen LogP contribution in [0.1, 0.15) is 138 Å². The van der Waals surface area contributed by atoms with Crippen LogP contribution >= 0.6 is 0 Å². The lowest BCUT2D eigenvalue weighted by Crippen LogP contribution is -2.15. The van der Waals surface area contributed by atoms with Gasteiger partial charge in [0.15, 0.2) is 0 Å². The van der Waals surface area contributed by atoms with Gasteiger partial charge in [-0.2, -0.15) is 0 Å². The molecule has 0 aromatic heterocycles. The summed E-state index contributed by atoms with van der Waals surface area (Å²) >= 11 is 0. The molecule has 0 radical (unpaired) electrons. The smallest absolute Gasteiger partial charge is 0.0249 e. The van der Waals surface area contributed by atoms with Crippen molar-refractivity contribution in [1.82, 2.24) is 0 Å². The first-order valence-electron chi connectivity index (χ1n) is 16.1. The van der Waals surface area contributed by atoms with Crippen molar-refractivity contribution in [2.24, 2.45) is 11.8 Å². The Kier molecular flexibility index (Phi) is 15.1. The van der Waals surface area contributed by atoms with E-state index in [0.717, 1.165) is 29.4 Å². The highest BCUT2D eigenvalue weighted by Gasteiger charge is 2.20. The highest BCUT2D eigenvalue weighted by atomic mass is 14.3. The number of benzene rings is 2. The number of unbranched alkanes of at least 4 members (excludes halogenated alkanes) is 9. The first-order valence-corrected chi connectivity index (χ1v) is 16.1. The minimum absolute atomic E-state index is 0.940. The minimum atomic E-state index is 0.940. The Morgan fingerprint density at radius 1 is 0.605 bits per heavy atom. The standard InChI is InChI=1S/C38H54/c1-3-5-7-9-11-13-15-33-17-21-35(22-18-33)25-27-37-29-31-38(32-30-37)28-26-36-23-19-34(20-24-36)16-14-12-10-8-6-4-2/h3,17-18,21-22,29-32,34,36H,1,4-16,19-20,23-24,26,28H2,2H3. The molecular weight excluding hydrogens is 456 g/mol. The van der Waals surface area contributed by atoms with Gasteiger partial charge in [0.25, 0.3) is 0 Å². The van der Waals surface area contributed by atoms with E-state index >= 15 is 0 Å². The van der Waals surface area contributed by atoms with Gasteiger partial charge in [-0.3, -0.25) is 0 Å². The summed E-state index contributed by atoms with van der Waals surface area (Å²) in [6.07, 6.45) is 28.1. The largest absolute Gasteiger partial charge is 0.103 e. The molecule has 0 amide bonds. The van der Waals surface area contributed by atoms with Crippen molar-refractivity contribution in [1.29, 1.82) is 0 Å². The van der Waals surface area contributed by atoms with E-state index < -0.39 is 0 Å². The molecular formula is C38H54. The van der Waals surface area contributed by atoms with E-state index in [2.05, 4.69) is 73.9 Å². The van der Waals surface area contributed by atoms with Crippen molar-refractivity contribution >= 4 is 0 Å². The molecule has 0 nitrogen and oxygen atoms in total. The summed E-state index contributed by atoms with van der Waals surface area (Å²) in [7, 11) is 0. The number of aryl methyl sites for hydroxylation is 2. The highest BCUT2D eigenvalue weighted by Crippen LogP contribution is 2.34. The molecule has 0 atom stereocenters. The number of hydrogen-bond donors (Lipinski definition) is 0. The predicted molar refractivity (Wildman–Crippen MR) is 168 cm³/mol. The summed E-state index contributed by atoms with van der Waals surface area (Å²) in [6.45, 7) is 6.10. The molecule has 0 spiro atoms. The van der Waals surface area contributed by atoms with Gasteiger partial charge in [0.2, 0.25) is 0 Å². The molecule has 0 aliphatic heterocycles. The Labute approximate surface area is 235 Å². The van der Waals surface area contributed by atoms with E-state index in [9.17, 15) is 0 Å². The molecule has 2 aromatic rings. The van der Waals surface area contributed by atoms with Crippen LogP contribution in [0.2, 0.25) is 0 Å². The summed E-state index contributed by atoms with van der Waals surface area (Å²) in [5.41, 5.74) is 5.12. The van der Waals surface area contributed by atoms with Gasteiger partial charge in [-0.1, -0.05) is 133 Å². The molecule has 1 fully saturated rings. The van der Waals surface area contributed by atoms with Crippen molar-refractivity contribution < 1.29 is 0 Å². The van der Waals surface area contributed by atoms with E-state index in [1.807, 2.05) is 6.08 Å². The number of rotatable bonds is 17. The first-order chi connectivity index (χ1) is 18.8. The summed E-state index contributed by atoms with van der Waals surface area (Å²) in [6, 6.07) is 17.9. The van der Waals surface area contributed by atoms with Crippen LogP contribution in [0.4, 0.5) is 0 Å². The van der Waals surface area contributed by atoms with Gasteiger partial charge >= 0.3 is 0 Å². The average Bonchev–Trinajstić information content (AvgIpc) is 2.96. The summed E-state index contributed by atoms with van der Waals surface area (Å²) < 4.78 is 0. The molecule has 1 aliphatic rings. The Morgan fingerprint density at radius 3 is 1.71 bits per heavy atom. The normalized spacial score (nSPS) is 17.1. The molecule has 38 heavy (non-hydrogen) atoms. The van der Waals surface area contributed by atoms with Gasteiger partial charge in [0, 0.05) is 11.1 Å². The molecule has 0 heterocycles. The quantitative estimate of drug-likeness (QED) is 0.113. The summed E-state index contributed by atoms with van der Waals surface area (Å²) in [4.78, 5) is 0. The molecule has 1 aliphatic carbocycles. The van der Waals surface area contributed by atoms with E-state index in [4.69, 9.17) is 0 Å². The summed E-state index contributed by atoms with van der Waals surface area (Å²) in [5, 5.41) is 0. The van der Waals surface area contributed by atoms with E-state index in [0.29, 0.717) is 0 Å². The van der Waals surface area contributed by atoms with E-state index in [-0.39, 0.29) is 0 Å². The molecule has 3 rings (SSSR count). The fourth-order valence-corrected chi connectivity index (χ4v) is 6.02. The zero-order valence-electron chi connectivity index (χ0n) is 24.5. The van der Waals surface area contributed by atoms with Crippen molar-refractivity contribution in [3.8, 4) is 11.8 Å². The maximum Gasteiger partial charge on any atom is 0.0249 e. The summed E-state index contributed by atoms with van der Waals surface area (Å²) in [5.74, 6) is 8.67. The molecule has 2 aromatic carbocycles. The van der Waals surface area contributed by atoms with Crippen LogP contribution in [0.5, 0.6) is 0 Å². The van der Waals surface area contributed by atoms with Gasteiger partial charge in [-0.15, -0.1) is 6.58 Å². The lowest BCUT2D eigenvalue weighted by molar-refractivity contribution is 0.248. The number of allylic oxidation sites excluding steroid dienone is 1. The van der Waals surface area contributed by atoms with Crippen LogP contribution in [0.15, 0.2) is 61.2 Å². The first kappa shape index (κ1) is 30.3. The maximum absolute atomic E-state index is 3.80. The van der Waals surface area contributed by atoms with Crippen molar-refractivity contribution in [2.75, 3.05) is 0 Å². The zero-order chi connectivity index (χ0) is 26.7. The lowest BCUT2D eigenvalue weighted by atomic mass is 9.77. The molecule has 0 heteroatoms. The maximum atomic E-state index is 3.80. The SMILES string of the molecule is C=CCCCCCCc1ccc(C#Cc2ccc(CCC3CCC(CCCCCCCC)CC3)cc2)cc1. The Morgan fingerprint density at radius 2 is 1.11 bits per heavy atom. The Hall–Kier alpha value is -2.26. The van der Waals surface area contributed by atoms with E-state index in [1.54, 1.807) is 0 Å². The van der Waals surface area contributed by atoms with Crippen LogP contribution in [-0.2, 0) is 12.8 Å². The monoisotopic (exact) mass is 510 g/mol. The molecule has 0 saturated heterocycles. The van der Waals surface area contributed by atoms with Crippen LogP contribution in [0.25, 0.3) is 0 Å². The highest BCUT2D eigenvalue weighted by molar-refractivity contribution is 5.44. The predicted octanol–water partition coefficient (Wildman–Crippen LogP) is 11.3. The fraction of sp³-hybridized carbons (Fsp3) is 0.579.